The molecule has 0 aliphatic carbocycles. The van der Waals surface area contributed by atoms with Crippen molar-refractivity contribution in [1.29, 1.82) is 0 Å². The van der Waals surface area contributed by atoms with E-state index < -0.39 is 11.7 Å². The van der Waals surface area contributed by atoms with Gasteiger partial charge in [0.15, 0.2) is 0 Å². The van der Waals surface area contributed by atoms with E-state index in [9.17, 15) is 9.59 Å². The molecule has 0 radical (unpaired) electrons. The summed E-state index contributed by atoms with van der Waals surface area (Å²) in [5, 5.41) is 2.75. The smallest absolute Gasteiger partial charge is 0.411 e. The van der Waals surface area contributed by atoms with Crippen molar-refractivity contribution < 1.29 is 19.1 Å². The molecule has 1 atom stereocenters. The van der Waals surface area contributed by atoms with Gasteiger partial charge in [0.25, 0.3) is 0 Å². The van der Waals surface area contributed by atoms with Crippen LogP contribution in [0.2, 0.25) is 0 Å². The third-order valence-electron chi connectivity index (χ3n) is 5.42. The molecule has 0 saturated carbocycles. The first kappa shape index (κ1) is 25.1. The SMILES string of the molecule is C=CCC1C/C(=C\c2ccc(NC(=O)OCc3ccccc3)cc2)CCN1C(=O)OC(C)(C)C. The Bertz CT molecular complexity index is 1010. The molecule has 6 heteroatoms. The summed E-state index contributed by atoms with van der Waals surface area (Å²) in [5.74, 6) is 0. The molecule has 0 spiro atoms. The van der Waals surface area contributed by atoms with Gasteiger partial charge in [-0.2, -0.15) is 0 Å². The Kier molecular flexibility index (Phi) is 8.52. The minimum Gasteiger partial charge on any atom is -0.444 e. The summed E-state index contributed by atoms with van der Waals surface area (Å²) in [5.41, 5.74) is 3.41. The highest BCUT2D eigenvalue weighted by atomic mass is 16.6. The topological polar surface area (TPSA) is 67.9 Å². The van der Waals surface area contributed by atoms with Crippen molar-refractivity contribution in [3.8, 4) is 0 Å². The fourth-order valence-corrected chi connectivity index (χ4v) is 3.83. The monoisotopic (exact) mass is 462 g/mol. The van der Waals surface area contributed by atoms with E-state index in [-0.39, 0.29) is 18.7 Å². The molecule has 1 heterocycles. The Morgan fingerprint density at radius 2 is 1.82 bits per heavy atom. The number of carbonyl (C=O) groups excluding carboxylic acids is 2. The van der Waals surface area contributed by atoms with Crippen molar-refractivity contribution in [3.05, 3.63) is 84.0 Å². The van der Waals surface area contributed by atoms with Gasteiger partial charge in [0.1, 0.15) is 12.2 Å². The highest BCUT2D eigenvalue weighted by molar-refractivity contribution is 5.84. The summed E-state index contributed by atoms with van der Waals surface area (Å²) in [6, 6.07) is 17.2. The molecule has 0 bridgehead atoms. The van der Waals surface area contributed by atoms with Crippen molar-refractivity contribution in [2.24, 2.45) is 0 Å². The number of nitrogens with one attached hydrogen (secondary N) is 1. The first-order valence-electron chi connectivity index (χ1n) is 11.6. The van der Waals surface area contributed by atoms with Gasteiger partial charge in [-0.3, -0.25) is 5.32 Å². The van der Waals surface area contributed by atoms with Crippen LogP contribution in [0.3, 0.4) is 0 Å². The maximum absolute atomic E-state index is 12.6. The van der Waals surface area contributed by atoms with Crippen molar-refractivity contribution in [2.75, 3.05) is 11.9 Å². The lowest BCUT2D eigenvalue weighted by Gasteiger charge is -2.37. The minimum atomic E-state index is -0.518. The van der Waals surface area contributed by atoms with Gasteiger partial charge in [0, 0.05) is 18.3 Å². The number of ether oxygens (including phenoxy) is 2. The summed E-state index contributed by atoms with van der Waals surface area (Å²) in [4.78, 5) is 26.5. The number of benzene rings is 2. The van der Waals surface area contributed by atoms with Crippen LogP contribution in [0.15, 0.2) is 72.8 Å². The molecular weight excluding hydrogens is 428 g/mol. The van der Waals surface area contributed by atoms with Gasteiger partial charge in [0.2, 0.25) is 0 Å². The van der Waals surface area contributed by atoms with Crippen LogP contribution in [-0.4, -0.2) is 35.3 Å². The van der Waals surface area contributed by atoms with E-state index >= 15 is 0 Å². The van der Waals surface area contributed by atoms with Crippen LogP contribution in [0.5, 0.6) is 0 Å². The average Bonchev–Trinajstić information content (AvgIpc) is 2.79. The van der Waals surface area contributed by atoms with E-state index in [1.807, 2.05) is 86.3 Å². The van der Waals surface area contributed by atoms with E-state index in [2.05, 4.69) is 18.0 Å². The fraction of sp³-hybridized carbons (Fsp3) is 0.357. The minimum absolute atomic E-state index is 0.0349. The molecule has 6 nitrogen and oxygen atoms in total. The molecule has 34 heavy (non-hydrogen) atoms. The molecule has 1 unspecified atom stereocenters. The van der Waals surface area contributed by atoms with Crippen LogP contribution in [-0.2, 0) is 16.1 Å². The highest BCUT2D eigenvalue weighted by Gasteiger charge is 2.31. The molecule has 180 valence electrons. The third-order valence-corrected chi connectivity index (χ3v) is 5.42. The zero-order valence-electron chi connectivity index (χ0n) is 20.3. The van der Waals surface area contributed by atoms with Gasteiger partial charge in [-0.25, -0.2) is 9.59 Å². The van der Waals surface area contributed by atoms with E-state index in [0.29, 0.717) is 18.7 Å². The first-order chi connectivity index (χ1) is 16.2. The van der Waals surface area contributed by atoms with Gasteiger partial charge in [-0.15, -0.1) is 6.58 Å². The number of likely N-dealkylation sites (tertiary alicyclic amines) is 1. The van der Waals surface area contributed by atoms with E-state index in [1.54, 1.807) is 0 Å². The molecule has 2 aromatic carbocycles. The summed E-state index contributed by atoms with van der Waals surface area (Å²) >= 11 is 0. The summed E-state index contributed by atoms with van der Waals surface area (Å²) in [6.07, 6.45) is 5.52. The number of rotatable bonds is 6. The normalized spacial score (nSPS) is 17.2. The number of nitrogens with zero attached hydrogens (tertiary/aromatic N) is 1. The van der Waals surface area contributed by atoms with Crippen LogP contribution in [0.25, 0.3) is 6.08 Å². The Balaban J connectivity index is 1.56. The lowest BCUT2D eigenvalue weighted by atomic mass is 9.93. The molecule has 0 aromatic heterocycles. The second-order valence-corrected chi connectivity index (χ2v) is 9.42. The van der Waals surface area contributed by atoms with Crippen molar-refractivity contribution in [2.45, 2.75) is 58.3 Å². The van der Waals surface area contributed by atoms with Gasteiger partial charge >= 0.3 is 12.2 Å². The maximum atomic E-state index is 12.6. The van der Waals surface area contributed by atoms with Gasteiger partial charge in [-0.05, 0) is 63.3 Å². The number of anilines is 1. The zero-order valence-corrected chi connectivity index (χ0v) is 20.3. The molecule has 1 saturated heterocycles. The van der Waals surface area contributed by atoms with E-state index in [4.69, 9.17) is 9.47 Å². The average molecular weight is 463 g/mol. The Hall–Kier alpha value is -3.54. The quantitative estimate of drug-likeness (QED) is 0.480. The van der Waals surface area contributed by atoms with Gasteiger partial charge in [-0.1, -0.05) is 60.2 Å². The van der Waals surface area contributed by atoms with Crippen LogP contribution in [0.4, 0.5) is 15.3 Å². The summed E-state index contributed by atoms with van der Waals surface area (Å²) in [7, 11) is 0. The first-order valence-corrected chi connectivity index (χ1v) is 11.6. The van der Waals surface area contributed by atoms with Crippen molar-refractivity contribution >= 4 is 23.9 Å². The standard InChI is InChI=1S/C28H34N2O4/c1-5-9-25-19-23(16-17-30(25)27(32)34-28(2,3)4)18-21-12-14-24(15-13-21)29-26(31)33-20-22-10-7-6-8-11-22/h5-8,10-15,18,25H,1,9,16-17,19-20H2,2-4H3,(H,29,31)/b23-18-. The Labute approximate surface area is 202 Å². The van der Waals surface area contributed by atoms with E-state index in [1.165, 1.54) is 5.57 Å². The molecular formula is C28H34N2O4. The molecule has 2 aromatic rings. The van der Waals surface area contributed by atoms with Gasteiger partial charge in [0.05, 0.1) is 0 Å². The molecule has 3 rings (SSSR count). The second kappa shape index (κ2) is 11.5. The predicted octanol–water partition coefficient (Wildman–Crippen LogP) is 6.79. The molecule has 1 N–H and O–H groups in total. The predicted molar refractivity (Wildman–Crippen MR) is 135 cm³/mol. The molecule has 1 aliphatic rings. The van der Waals surface area contributed by atoms with E-state index in [0.717, 1.165) is 24.0 Å². The molecule has 1 fully saturated rings. The summed E-state index contributed by atoms with van der Waals surface area (Å²) < 4.78 is 10.8. The summed E-state index contributed by atoms with van der Waals surface area (Å²) in [6.45, 7) is 10.3. The van der Waals surface area contributed by atoms with Crippen molar-refractivity contribution in [3.63, 3.8) is 0 Å². The second-order valence-electron chi connectivity index (χ2n) is 9.42. The zero-order chi connectivity index (χ0) is 24.6. The van der Waals surface area contributed by atoms with Crippen LogP contribution < -0.4 is 5.32 Å². The fourth-order valence-electron chi connectivity index (χ4n) is 3.83. The maximum Gasteiger partial charge on any atom is 0.411 e. The number of hydrogen-bond acceptors (Lipinski definition) is 4. The van der Waals surface area contributed by atoms with Gasteiger partial charge < -0.3 is 14.4 Å². The molecule has 2 amide bonds. The highest BCUT2D eigenvalue weighted by Crippen LogP contribution is 2.28. The molecule has 1 aliphatic heterocycles. The number of carbonyl (C=O) groups is 2. The lowest BCUT2D eigenvalue weighted by Crippen LogP contribution is -2.46. The van der Waals surface area contributed by atoms with Crippen LogP contribution in [0.1, 0.15) is 51.2 Å². The lowest BCUT2D eigenvalue weighted by molar-refractivity contribution is 0.0137. The Morgan fingerprint density at radius 1 is 1.12 bits per heavy atom. The Morgan fingerprint density at radius 3 is 2.47 bits per heavy atom. The number of hydrogen-bond donors (Lipinski definition) is 1. The van der Waals surface area contributed by atoms with Crippen molar-refractivity contribution in [1.82, 2.24) is 4.90 Å². The number of amides is 2. The largest absolute Gasteiger partial charge is 0.444 e. The number of piperidine rings is 1. The van der Waals surface area contributed by atoms with Crippen LogP contribution >= 0.6 is 0 Å². The van der Waals surface area contributed by atoms with Crippen LogP contribution in [0, 0.1) is 0 Å². The third kappa shape index (κ3) is 7.80.